The summed E-state index contributed by atoms with van der Waals surface area (Å²) in [5.74, 6) is -0.476. The fraction of sp³-hybridized carbons (Fsp3) is 0.371. The van der Waals surface area contributed by atoms with Crippen LogP contribution in [0.3, 0.4) is 0 Å². The molecule has 3 atom stereocenters. The summed E-state index contributed by atoms with van der Waals surface area (Å²) in [4.78, 5) is 47.6. The van der Waals surface area contributed by atoms with Crippen LogP contribution in [0.1, 0.15) is 44.4 Å². The normalized spacial score (nSPS) is 12.6. The van der Waals surface area contributed by atoms with Gasteiger partial charge in [0.05, 0.1) is 12.1 Å². The third kappa shape index (κ3) is 15.6. The fourth-order valence-corrected chi connectivity index (χ4v) is 4.51. The second-order valence-electron chi connectivity index (χ2n) is 11.9. The molecule has 0 spiro atoms. The second-order valence-corrected chi connectivity index (χ2v) is 11.9. The Balaban J connectivity index is 0.000000333. The van der Waals surface area contributed by atoms with Crippen LogP contribution in [0.15, 0.2) is 91.0 Å². The lowest BCUT2D eigenvalue weighted by molar-refractivity contribution is -0.122. The van der Waals surface area contributed by atoms with Crippen LogP contribution in [0, 0.1) is 0 Å². The maximum absolute atomic E-state index is 12.0. The third-order valence-electron chi connectivity index (χ3n) is 6.77. The average Bonchev–Trinajstić information content (AvgIpc) is 3.02. The van der Waals surface area contributed by atoms with Gasteiger partial charge >= 0.3 is 18.3 Å². The first-order valence-electron chi connectivity index (χ1n) is 15.4. The molecule has 0 saturated heterocycles. The van der Waals surface area contributed by atoms with E-state index in [-0.39, 0.29) is 12.6 Å². The number of nitrogens with two attached hydrogens (primary N) is 1. The van der Waals surface area contributed by atoms with Crippen molar-refractivity contribution in [1.82, 2.24) is 20.9 Å². The summed E-state index contributed by atoms with van der Waals surface area (Å²) in [5.41, 5.74) is 8.21. The predicted molar refractivity (Wildman–Crippen MR) is 180 cm³/mol. The number of carbonyl (C=O) groups excluding carboxylic acids is 2. The molecule has 254 valence electrons. The topological polar surface area (TPSA) is 183 Å². The average molecular weight is 650 g/mol. The Morgan fingerprint density at radius 1 is 0.787 bits per heavy atom. The Hall–Kier alpha value is -5.10. The molecule has 0 bridgehead atoms. The van der Waals surface area contributed by atoms with Gasteiger partial charge in [0.25, 0.3) is 0 Å². The molecule has 0 aliphatic rings. The smallest absolute Gasteiger partial charge is 0.407 e. The molecule has 4 amide bonds. The van der Waals surface area contributed by atoms with Gasteiger partial charge in [-0.25, -0.2) is 14.4 Å². The zero-order valence-electron chi connectivity index (χ0n) is 27.4. The van der Waals surface area contributed by atoms with Crippen LogP contribution < -0.4 is 21.7 Å². The van der Waals surface area contributed by atoms with Gasteiger partial charge in [0, 0.05) is 19.6 Å². The van der Waals surface area contributed by atoms with Gasteiger partial charge in [0.2, 0.25) is 5.91 Å². The summed E-state index contributed by atoms with van der Waals surface area (Å²) in [6, 6.07) is 27.4. The van der Waals surface area contributed by atoms with E-state index in [2.05, 4.69) is 16.0 Å². The van der Waals surface area contributed by atoms with Crippen LogP contribution >= 0.6 is 0 Å². The number of rotatable bonds is 13. The maximum Gasteiger partial charge on any atom is 0.407 e. The van der Waals surface area contributed by atoms with Crippen LogP contribution in [0.2, 0.25) is 0 Å². The minimum Gasteiger partial charge on any atom is -0.465 e. The molecule has 12 nitrogen and oxygen atoms in total. The van der Waals surface area contributed by atoms with Crippen LogP contribution in [0.5, 0.6) is 0 Å². The van der Waals surface area contributed by atoms with E-state index in [0.29, 0.717) is 25.9 Å². The monoisotopic (exact) mass is 649 g/mol. The lowest BCUT2D eigenvalue weighted by atomic mass is 10.0. The van der Waals surface area contributed by atoms with E-state index >= 15 is 0 Å². The van der Waals surface area contributed by atoms with E-state index in [1.54, 1.807) is 20.8 Å². The third-order valence-corrected chi connectivity index (χ3v) is 6.77. The summed E-state index contributed by atoms with van der Waals surface area (Å²) in [7, 11) is 0. The molecule has 3 aromatic rings. The minimum absolute atomic E-state index is 0.138. The highest BCUT2D eigenvalue weighted by atomic mass is 16.6. The van der Waals surface area contributed by atoms with E-state index in [1.165, 1.54) is 11.8 Å². The number of hydrogen-bond acceptors (Lipinski definition) is 6. The molecular formula is C35H47N5O7. The van der Waals surface area contributed by atoms with Gasteiger partial charge in [-0.15, -0.1) is 0 Å². The maximum atomic E-state index is 12.0. The number of carbonyl (C=O) groups is 4. The van der Waals surface area contributed by atoms with Gasteiger partial charge in [-0.2, -0.15) is 0 Å². The Kier molecular flexibility index (Phi) is 15.7. The minimum atomic E-state index is -1.28. The van der Waals surface area contributed by atoms with Crippen LogP contribution in [0.4, 0.5) is 14.4 Å². The second kappa shape index (κ2) is 19.4. The predicted octanol–water partition coefficient (Wildman–Crippen LogP) is 4.63. The molecule has 3 rings (SSSR count). The van der Waals surface area contributed by atoms with E-state index in [9.17, 15) is 24.3 Å². The Morgan fingerprint density at radius 2 is 1.28 bits per heavy atom. The highest BCUT2D eigenvalue weighted by molar-refractivity contribution is 5.84. The molecule has 0 aliphatic heterocycles. The van der Waals surface area contributed by atoms with Crippen molar-refractivity contribution in [1.29, 1.82) is 0 Å². The van der Waals surface area contributed by atoms with Crippen molar-refractivity contribution in [3.63, 3.8) is 0 Å². The van der Waals surface area contributed by atoms with Crippen LogP contribution in [0.25, 0.3) is 0 Å². The molecule has 7 N–H and O–H groups in total. The molecule has 47 heavy (non-hydrogen) atoms. The van der Waals surface area contributed by atoms with E-state index < -0.39 is 41.9 Å². The van der Waals surface area contributed by atoms with Gasteiger partial charge < -0.3 is 36.6 Å². The molecule has 0 aliphatic carbocycles. The number of carboxylic acid groups (broad SMARTS) is 2. The van der Waals surface area contributed by atoms with Crippen molar-refractivity contribution in [3.05, 3.63) is 108 Å². The van der Waals surface area contributed by atoms with Gasteiger partial charge in [0.15, 0.2) is 0 Å². The van der Waals surface area contributed by atoms with Crippen molar-refractivity contribution in [2.75, 3.05) is 13.1 Å². The molecule has 0 heterocycles. The summed E-state index contributed by atoms with van der Waals surface area (Å²) in [6.07, 6.45) is -1.69. The van der Waals surface area contributed by atoms with Crippen molar-refractivity contribution in [3.8, 4) is 0 Å². The van der Waals surface area contributed by atoms with Crippen molar-refractivity contribution >= 4 is 24.2 Å². The molecule has 0 fully saturated rings. The summed E-state index contributed by atoms with van der Waals surface area (Å²) < 4.78 is 5.26. The highest BCUT2D eigenvalue weighted by Crippen LogP contribution is 2.13. The number of ether oxygens (including phenoxy) is 1. The number of benzene rings is 3. The van der Waals surface area contributed by atoms with Crippen LogP contribution in [-0.2, 0) is 28.9 Å². The Bertz CT molecular complexity index is 1390. The Morgan fingerprint density at radius 3 is 1.72 bits per heavy atom. The van der Waals surface area contributed by atoms with Crippen molar-refractivity contribution in [2.45, 2.75) is 70.8 Å². The largest absolute Gasteiger partial charge is 0.465 e. The Labute approximate surface area is 276 Å². The fourth-order valence-electron chi connectivity index (χ4n) is 4.51. The lowest BCUT2D eigenvalue weighted by Gasteiger charge is -2.28. The van der Waals surface area contributed by atoms with Gasteiger partial charge in [-0.3, -0.25) is 9.69 Å². The van der Waals surface area contributed by atoms with Gasteiger partial charge in [-0.05, 0) is 57.2 Å². The highest BCUT2D eigenvalue weighted by Gasteiger charge is 2.23. The zero-order chi connectivity index (χ0) is 34.8. The van der Waals surface area contributed by atoms with Gasteiger partial charge in [-0.1, -0.05) is 91.0 Å². The number of nitrogens with zero attached hydrogens (tertiary/aromatic N) is 1. The number of alkyl carbamates (subject to hydrolysis) is 1. The molecule has 0 aromatic heterocycles. The van der Waals surface area contributed by atoms with Crippen molar-refractivity contribution < 1.29 is 34.1 Å². The first-order chi connectivity index (χ1) is 22.3. The lowest BCUT2D eigenvalue weighted by Crippen LogP contribution is -2.50. The SMILES string of the molecule is C[C@@H](NC(=O)O)C(=O)NC[C@@H](Cc1ccccc1)NC(=O)OC(C)(C)C.NC[C@@H](Cc1ccccc1)N(Cc1ccccc1)C(=O)O. The number of nitrogens with one attached hydrogen (secondary N) is 3. The number of hydrogen-bond donors (Lipinski definition) is 6. The quantitative estimate of drug-likeness (QED) is 0.155. The van der Waals surface area contributed by atoms with Gasteiger partial charge in [0.1, 0.15) is 11.6 Å². The van der Waals surface area contributed by atoms with E-state index in [4.69, 9.17) is 15.6 Å². The summed E-state index contributed by atoms with van der Waals surface area (Å²) >= 11 is 0. The molecule has 0 unspecified atom stereocenters. The van der Waals surface area contributed by atoms with E-state index in [1.807, 2.05) is 91.0 Å². The molecule has 12 heteroatoms. The van der Waals surface area contributed by atoms with E-state index in [0.717, 1.165) is 16.7 Å². The molecule has 0 saturated carbocycles. The zero-order valence-corrected chi connectivity index (χ0v) is 27.4. The summed E-state index contributed by atoms with van der Waals surface area (Å²) in [5, 5.41) is 25.6. The number of amides is 4. The molecular weight excluding hydrogens is 602 g/mol. The van der Waals surface area contributed by atoms with Crippen molar-refractivity contribution in [2.24, 2.45) is 5.73 Å². The standard InChI is InChI=1S/C18H27N3O5.C17H20N2O2/c1-12(20-16(23)24)15(22)19-11-14(10-13-8-6-5-7-9-13)21-17(25)26-18(2,3)4;18-12-16(11-14-7-3-1-4-8-14)19(17(20)21)13-15-9-5-2-6-10-15/h5-9,12,14,20H,10-11H2,1-4H3,(H,19,22)(H,21,25)(H,23,24);1-10,16H,11-13,18H2,(H,20,21)/t12-,14-;16-/m11/s1. The van der Waals surface area contributed by atoms with Crippen LogP contribution in [-0.4, -0.2) is 76.1 Å². The molecule has 0 radical (unpaired) electrons. The summed E-state index contributed by atoms with van der Waals surface area (Å²) in [6.45, 7) is 7.52. The first kappa shape index (κ1) is 38.1. The first-order valence-corrected chi connectivity index (χ1v) is 15.4. The molecule has 3 aromatic carbocycles.